The van der Waals surface area contributed by atoms with Gasteiger partial charge in [-0.25, -0.2) is 9.69 Å². The van der Waals surface area contributed by atoms with E-state index in [4.69, 9.17) is 4.42 Å². The largest absolute Gasteiger partial charge is 0.441 e. The number of barbiturate groups is 1. The first-order chi connectivity index (χ1) is 12.3. The standard InChI is InChI=1S/C19H19N3O4/c1-11-5-6-13(9-12(11)2)22-18(24)15(17(23)20-19(22)25)10-14-7-8-16(26-14)21(3)4/h5-10H,1-4H3,(H,20,23,25)/b15-10+. The summed E-state index contributed by atoms with van der Waals surface area (Å²) in [5.74, 6) is -0.503. The van der Waals surface area contributed by atoms with Crippen LogP contribution in [0.2, 0.25) is 0 Å². The van der Waals surface area contributed by atoms with Gasteiger partial charge in [-0.05, 0) is 49.2 Å². The van der Waals surface area contributed by atoms with E-state index in [1.807, 2.05) is 34.0 Å². The van der Waals surface area contributed by atoms with Gasteiger partial charge in [-0.3, -0.25) is 14.9 Å². The zero-order valence-electron chi connectivity index (χ0n) is 15.0. The molecule has 0 saturated carbocycles. The Morgan fingerprint density at radius 3 is 2.38 bits per heavy atom. The zero-order valence-corrected chi connectivity index (χ0v) is 15.0. The molecule has 0 aliphatic carbocycles. The highest BCUT2D eigenvalue weighted by Gasteiger charge is 2.37. The van der Waals surface area contributed by atoms with Crippen molar-refractivity contribution in [1.82, 2.24) is 5.32 Å². The van der Waals surface area contributed by atoms with Gasteiger partial charge in [0.1, 0.15) is 11.3 Å². The summed E-state index contributed by atoms with van der Waals surface area (Å²) < 4.78 is 5.56. The van der Waals surface area contributed by atoms with E-state index in [2.05, 4.69) is 5.32 Å². The van der Waals surface area contributed by atoms with Crippen molar-refractivity contribution in [2.75, 3.05) is 23.9 Å². The van der Waals surface area contributed by atoms with E-state index in [9.17, 15) is 14.4 Å². The summed E-state index contributed by atoms with van der Waals surface area (Å²) in [6, 6.07) is 7.83. The van der Waals surface area contributed by atoms with E-state index in [0.717, 1.165) is 16.0 Å². The van der Waals surface area contributed by atoms with Crippen LogP contribution >= 0.6 is 0 Å². The summed E-state index contributed by atoms with van der Waals surface area (Å²) in [5.41, 5.74) is 2.22. The fraction of sp³-hybridized carbons (Fsp3) is 0.211. The van der Waals surface area contributed by atoms with Gasteiger partial charge in [0.15, 0.2) is 5.88 Å². The summed E-state index contributed by atoms with van der Waals surface area (Å²) >= 11 is 0. The topological polar surface area (TPSA) is 82.9 Å². The van der Waals surface area contributed by atoms with E-state index < -0.39 is 17.8 Å². The van der Waals surface area contributed by atoms with Crippen molar-refractivity contribution in [3.8, 4) is 0 Å². The molecule has 0 atom stereocenters. The Labute approximate surface area is 150 Å². The van der Waals surface area contributed by atoms with Gasteiger partial charge in [0, 0.05) is 20.2 Å². The molecule has 0 radical (unpaired) electrons. The van der Waals surface area contributed by atoms with Crippen molar-refractivity contribution in [3.05, 3.63) is 52.8 Å². The molecule has 1 aliphatic rings. The lowest BCUT2D eigenvalue weighted by atomic mass is 10.1. The Bertz CT molecular complexity index is 940. The molecule has 0 unspecified atom stereocenters. The highest BCUT2D eigenvalue weighted by Crippen LogP contribution is 2.25. The number of amides is 4. The summed E-state index contributed by atoms with van der Waals surface area (Å²) in [7, 11) is 3.63. The molecule has 0 spiro atoms. The molecule has 1 saturated heterocycles. The molecule has 0 bridgehead atoms. The average Bonchev–Trinajstić information content (AvgIpc) is 3.03. The predicted molar refractivity (Wildman–Crippen MR) is 98.0 cm³/mol. The molecule has 3 rings (SSSR count). The quantitative estimate of drug-likeness (QED) is 0.677. The minimum absolute atomic E-state index is 0.164. The normalized spacial score (nSPS) is 16.2. The summed E-state index contributed by atoms with van der Waals surface area (Å²) in [6.45, 7) is 3.82. The third-order valence-corrected chi connectivity index (χ3v) is 4.19. The van der Waals surface area contributed by atoms with Crippen LogP contribution < -0.4 is 15.1 Å². The molecule has 7 heteroatoms. The molecule has 1 fully saturated rings. The molecule has 1 aromatic carbocycles. The van der Waals surface area contributed by atoms with Crippen LogP contribution in [0.15, 0.2) is 40.3 Å². The lowest BCUT2D eigenvalue weighted by Gasteiger charge is -2.26. The monoisotopic (exact) mass is 353 g/mol. The van der Waals surface area contributed by atoms with Crippen molar-refractivity contribution < 1.29 is 18.8 Å². The fourth-order valence-electron chi connectivity index (χ4n) is 2.56. The van der Waals surface area contributed by atoms with Crippen molar-refractivity contribution in [2.45, 2.75) is 13.8 Å². The second-order valence-electron chi connectivity index (χ2n) is 6.30. The molecular formula is C19H19N3O4. The van der Waals surface area contributed by atoms with Crippen molar-refractivity contribution >= 4 is 35.5 Å². The van der Waals surface area contributed by atoms with Gasteiger partial charge < -0.3 is 9.32 Å². The van der Waals surface area contributed by atoms with Crippen LogP contribution in [0.3, 0.4) is 0 Å². The van der Waals surface area contributed by atoms with E-state index in [-0.39, 0.29) is 5.57 Å². The SMILES string of the molecule is Cc1ccc(N2C(=O)NC(=O)/C(=C\c3ccc(N(C)C)o3)C2=O)cc1C. The minimum Gasteiger partial charge on any atom is -0.441 e. The Balaban J connectivity index is 1.99. The van der Waals surface area contributed by atoms with Gasteiger partial charge in [-0.2, -0.15) is 0 Å². The maximum Gasteiger partial charge on any atom is 0.335 e. The van der Waals surface area contributed by atoms with Crippen molar-refractivity contribution in [3.63, 3.8) is 0 Å². The minimum atomic E-state index is -0.770. The third-order valence-electron chi connectivity index (χ3n) is 4.19. The maximum atomic E-state index is 12.8. The molecule has 4 amide bonds. The molecular weight excluding hydrogens is 334 g/mol. The number of hydrogen-bond donors (Lipinski definition) is 1. The number of anilines is 2. The third kappa shape index (κ3) is 3.11. The van der Waals surface area contributed by atoms with Crippen LogP contribution in [0, 0.1) is 13.8 Å². The van der Waals surface area contributed by atoms with Crippen LogP contribution in [-0.4, -0.2) is 31.9 Å². The van der Waals surface area contributed by atoms with Crippen LogP contribution in [0.5, 0.6) is 0 Å². The zero-order chi connectivity index (χ0) is 19.0. The molecule has 1 aromatic heterocycles. The number of benzene rings is 1. The van der Waals surface area contributed by atoms with Gasteiger partial charge in [0.25, 0.3) is 11.8 Å². The summed E-state index contributed by atoms with van der Waals surface area (Å²) in [5, 5.41) is 2.20. The van der Waals surface area contributed by atoms with Gasteiger partial charge in [-0.15, -0.1) is 0 Å². The number of urea groups is 1. The molecule has 2 aromatic rings. The van der Waals surface area contributed by atoms with Gasteiger partial charge >= 0.3 is 6.03 Å². The Hall–Kier alpha value is -3.35. The first-order valence-electron chi connectivity index (χ1n) is 8.04. The highest BCUT2D eigenvalue weighted by molar-refractivity contribution is 6.39. The number of imide groups is 2. The number of nitrogens with one attached hydrogen (secondary N) is 1. The Morgan fingerprint density at radius 1 is 1.04 bits per heavy atom. The molecule has 26 heavy (non-hydrogen) atoms. The van der Waals surface area contributed by atoms with Crippen molar-refractivity contribution in [2.24, 2.45) is 0 Å². The van der Waals surface area contributed by atoms with Crippen LogP contribution in [0.25, 0.3) is 6.08 Å². The van der Waals surface area contributed by atoms with E-state index in [1.54, 1.807) is 29.2 Å². The predicted octanol–water partition coefficient (Wildman–Crippen LogP) is 2.63. The lowest BCUT2D eigenvalue weighted by Crippen LogP contribution is -2.54. The Kier molecular flexibility index (Phi) is 4.38. The number of aryl methyl sites for hydroxylation is 2. The molecule has 1 N–H and O–H groups in total. The van der Waals surface area contributed by atoms with E-state index in [1.165, 1.54) is 6.08 Å². The average molecular weight is 353 g/mol. The van der Waals surface area contributed by atoms with Gasteiger partial charge in [0.2, 0.25) is 0 Å². The number of hydrogen-bond acceptors (Lipinski definition) is 5. The molecule has 134 valence electrons. The number of nitrogens with zero attached hydrogens (tertiary/aromatic N) is 2. The highest BCUT2D eigenvalue weighted by atomic mass is 16.4. The first kappa shape index (κ1) is 17.5. The second kappa shape index (κ2) is 6.51. The summed E-state index contributed by atoms with van der Waals surface area (Å²) in [6.07, 6.45) is 1.34. The first-order valence-corrected chi connectivity index (χ1v) is 8.04. The van der Waals surface area contributed by atoms with Gasteiger partial charge in [0.05, 0.1) is 5.69 Å². The Morgan fingerprint density at radius 2 is 1.77 bits per heavy atom. The van der Waals surface area contributed by atoms with Crippen LogP contribution in [0.4, 0.5) is 16.4 Å². The molecule has 1 aliphatic heterocycles. The second-order valence-corrected chi connectivity index (χ2v) is 6.30. The smallest absolute Gasteiger partial charge is 0.335 e. The lowest BCUT2D eigenvalue weighted by molar-refractivity contribution is -0.122. The van der Waals surface area contributed by atoms with Crippen LogP contribution in [-0.2, 0) is 9.59 Å². The maximum absolute atomic E-state index is 12.8. The summed E-state index contributed by atoms with van der Waals surface area (Å²) in [4.78, 5) is 39.9. The van der Waals surface area contributed by atoms with E-state index in [0.29, 0.717) is 17.3 Å². The van der Waals surface area contributed by atoms with Crippen LogP contribution in [0.1, 0.15) is 16.9 Å². The van der Waals surface area contributed by atoms with Crippen molar-refractivity contribution in [1.29, 1.82) is 0 Å². The molecule has 7 nitrogen and oxygen atoms in total. The number of carbonyl (C=O) groups is 3. The number of furan rings is 1. The van der Waals surface area contributed by atoms with E-state index >= 15 is 0 Å². The number of rotatable bonds is 3. The number of carbonyl (C=O) groups excluding carboxylic acids is 3. The fourth-order valence-corrected chi connectivity index (χ4v) is 2.56. The molecule has 2 heterocycles. The van der Waals surface area contributed by atoms with Gasteiger partial charge in [-0.1, -0.05) is 6.07 Å².